The Hall–Kier alpha value is -1.35. The monoisotopic (exact) mass is 221 g/mol. The maximum absolute atomic E-state index is 11.8. The van der Waals surface area contributed by atoms with Gasteiger partial charge in [0.25, 0.3) is 5.91 Å². The molecule has 3 heteroatoms. The van der Waals surface area contributed by atoms with E-state index >= 15 is 0 Å². The number of benzene rings is 1. The molecule has 0 unspecified atom stereocenters. The molecule has 1 aromatic rings. The molecule has 88 valence electrons. The average molecular weight is 221 g/mol. The Morgan fingerprint density at radius 2 is 1.75 bits per heavy atom. The van der Waals surface area contributed by atoms with Crippen LogP contribution >= 0.6 is 0 Å². The first kappa shape index (κ1) is 12.7. The normalized spacial score (nSPS) is 11.2. The number of para-hydroxylation sites is 1. The number of carbonyl (C=O) groups excluding carboxylic acids is 1. The number of likely N-dealkylation sites (N-methyl/N-ethyl adjacent to an activating group) is 1. The predicted molar refractivity (Wildman–Crippen MR) is 67.2 cm³/mol. The number of hydrogen-bond donors (Lipinski definition) is 1. The van der Waals surface area contributed by atoms with Crippen LogP contribution in [0.15, 0.2) is 30.3 Å². The van der Waals surface area contributed by atoms with Gasteiger partial charge in [0.15, 0.2) is 6.54 Å². The lowest BCUT2D eigenvalue weighted by Crippen LogP contribution is -2.48. The van der Waals surface area contributed by atoms with Crippen LogP contribution in [0, 0.1) is 0 Å². The molecule has 1 rings (SSSR count). The summed E-state index contributed by atoms with van der Waals surface area (Å²) in [5, 5.41) is 2.91. The number of nitrogens with zero attached hydrogens (tertiary/aromatic N) is 1. The summed E-state index contributed by atoms with van der Waals surface area (Å²) in [6.07, 6.45) is 0. The van der Waals surface area contributed by atoms with E-state index in [-0.39, 0.29) is 5.91 Å². The van der Waals surface area contributed by atoms with E-state index in [1.807, 2.05) is 30.3 Å². The highest BCUT2D eigenvalue weighted by Gasteiger charge is 2.20. The van der Waals surface area contributed by atoms with Crippen LogP contribution in [0.4, 0.5) is 5.69 Å². The molecule has 0 aliphatic heterocycles. The van der Waals surface area contributed by atoms with E-state index in [1.165, 1.54) is 0 Å². The highest BCUT2D eigenvalue weighted by Crippen LogP contribution is 2.07. The van der Waals surface area contributed by atoms with Gasteiger partial charge in [-0.25, -0.2) is 0 Å². The first-order valence-corrected chi connectivity index (χ1v) is 5.78. The number of anilines is 1. The highest BCUT2D eigenvalue weighted by molar-refractivity contribution is 5.91. The third kappa shape index (κ3) is 3.66. The van der Waals surface area contributed by atoms with Crippen LogP contribution in [0.2, 0.25) is 0 Å². The largest absolute Gasteiger partial charge is 0.321 e. The molecule has 0 bridgehead atoms. The molecule has 0 heterocycles. The molecule has 0 aliphatic rings. The molecule has 0 saturated carbocycles. The van der Waals surface area contributed by atoms with Crippen molar-refractivity contribution in [2.45, 2.75) is 13.8 Å². The second-order valence-corrected chi connectivity index (χ2v) is 4.32. The first-order valence-electron chi connectivity index (χ1n) is 5.78. The van der Waals surface area contributed by atoms with Crippen molar-refractivity contribution in [2.24, 2.45) is 0 Å². The van der Waals surface area contributed by atoms with E-state index in [0.29, 0.717) is 6.54 Å². The Labute approximate surface area is 97.7 Å². The molecule has 1 N–H and O–H groups in total. The van der Waals surface area contributed by atoms with Crippen LogP contribution in [-0.4, -0.2) is 37.1 Å². The fraction of sp³-hybridized carbons (Fsp3) is 0.462. The summed E-state index contributed by atoms with van der Waals surface area (Å²) in [5.41, 5.74) is 0.867. The predicted octanol–water partition coefficient (Wildman–Crippen LogP) is 2.11. The van der Waals surface area contributed by atoms with Gasteiger partial charge in [0.1, 0.15) is 0 Å². The maximum atomic E-state index is 11.8. The van der Waals surface area contributed by atoms with Gasteiger partial charge in [-0.3, -0.25) is 4.79 Å². The molecule has 0 fully saturated rings. The number of carbonyl (C=O) groups is 1. The van der Waals surface area contributed by atoms with Gasteiger partial charge in [0.05, 0.1) is 20.1 Å². The summed E-state index contributed by atoms with van der Waals surface area (Å²) < 4.78 is 0.776. The van der Waals surface area contributed by atoms with Crippen LogP contribution in [0.1, 0.15) is 13.8 Å². The zero-order chi connectivity index (χ0) is 12.0. The molecule has 0 radical (unpaired) electrons. The van der Waals surface area contributed by atoms with Gasteiger partial charge in [-0.1, -0.05) is 18.2 Å². The van der Waals surface area contributed by atoms with Crippen molar-refractivity contribution in [1.29, 1.82) is 0 Å². The molecule has 0 aliphatic carbocycles. The van der Waals surface area contributed by atoms with Crippen LogP contribution in [-0.2, 0) is 4.79 Å². The van der Waals surface area contributed by atoms with Crippen LogP contribution in [0.25, 0.3) is 0 Å². The summed E-state index contributed by atoms with van der Waals surface area (Å²) in [6.45, 7) is 6.69. The number of nitrogens with one attached hydrogen (secondary N) is 1. The highest BCUT2D eigenvalue weighted by atomic mass is 16.2. The lowest BCUT2D eigenvalue weighted by Gasteiger charge is -2.31. The zero-order valence-corrected chi connectivity index (χ0v) is 10.4. The Balaban J connectivity index is 2.54. The van der Waals surface area contributed by atoms with E-state index in [0.717, 1.165) is 23.3 Å². The molecule has 1 amide bonds. The van der Waals surface area contributed by atoms with Crippen molar-refractivity contribution in [1.82, 2.24) is 0 Å². The van der Waals surface area contributed by atoms with Crippen LogP contribution < -0.4 is 5.32 Å². The molecular formula is C13H21N2O+. The topological polar surface area (TPSA) is 29.1 Å². The lowest BCUT2D eigenvalue weighted by molar-refractivity contribution is -0.898. The Kier molecular flexibility index (Phi) is 4.50. The van der Waals surface area contributed by atoms with Crippen molar-refractivity contribution in [2.75, 3.05) is 32.0 Å². The van der Waals surface area contributed by atoms with Crippen molar-refractivity contribution in [3.05, 3.63) is 30.3 Å². The Morgan fingerprint density at radius 3 is 2.25 bits per heavy atom. The molecule has 0 atom stereocenters. The molecule has 0 aromatic heterocycles. The van der Waals surface area contributed by atoms with E-state index < -0.39 is 0 Å². The maximum Gasteiger partial charge on any atom is 0.279 e. The third-order valence-corrected chi connectivity index (χ3v) is 3.11. The van der Waals surface area contributed by atoms with Gasteiger partial charge in [0.2, 0.25) is 0 Å². The minimum atomic E-state index is 0.0809. The fourth-order valence-corrected chi connectivity index (χ4v) is 1.52. The molecule has 0 spiro atoms. The Bertz CT molecular complexity index is 331. The van der Waals surface area contributed by atoms with Gasteiger partial charge in [0, 0.05) is 5.69 Å². The fourth-order valence-electron chi connectivity index (χ4n) is 1.52. The van der Waals surface area contributed by atoms with Gasteiger partial charge in [-0.2, -0.15) is 0 Å². The molecule has 0 saturated heterocycles. The average Bonchev–Trinajstić information content (AvgIpc) is 2.30. The summed E-state index contributed by atoms with van der Waals surface area (Å²) in [5.74, 6) is 0.0809. The van der Waals surface area contributed by atoms with E-state index in [9.17, 15) is 4.79 Å². The molecular weight excluding hydrogens is 200 g/mol. The zero-order valence-electron chi connectivity index (χ0n) is 10.4. The van der Waals surface area contributed by atoms with Gasteiger partial charge in [-0.05, 0) is 26.0 Å². The van der Waals surface area contributed by atoms with E-state index in [4.69, 9.17) is 0 Å². The minimum Gasteiger partial charge on any atom is -0.321 e. The molecule has 16 heavy (non-hydrogen) atoms. The number of hydrogen-bond acceptors (Lipinski definition) is 1. The number of quaternary nitrogens is 1. The third-order valence-electron chi connectivity index (χ3n) is 3.11. The van der Waals surface area contributed by atoms with Crippen molar-refractivity contribution in [3.63, 3.8) is 0 Å². The standard InChI is InChI=1S/C13H20N2O/c1-4-15(3,5-2)11-13(16)14-12-9-7-6-8-10-12/h6-10H,4-5,11H2,1-3H3/p+1. The first-order chi connectivity index (χ1) is 7.59. The van der Waals surface area contributed by atoms with Gasteiger partial charge in [-0.15, -0.1) is 0 Å². The quantitative estimate of drug-likeness (QED) is 0.758. The number of rotatable bonds is 5. The number of amides is 1. The van der Waals surface area contributed by atoms with Crippen LogP contribution in [0.5, 0.6) is 0 Å². The second kappa shape index (κ2) is 5.66. The molecule has 1 aromatic carbocycles. The summed E-state index contributed by atoms with van der Waals surface area (Å²) in [4.78, 5) is 11.8. The van der Waals surface area contributed by atoms with E-state index in [2.05, 4.69) is 26.2 Å². The summed E-state index contributed by atoms with van der Waals surface area (Å²) in [6, 6.07) is 9.58. The lowest BCUT2D eigenvalue weighted by atomic mass is 10.3. The SMILES string of the molecule is CC[N+](C)(CC)CC(=O)Nc1ccccc1. The summed E-state index contributed by atoms with van der Waals surface area (Å²) in [7, 11) is 2.10. The van der Waals surface area contributed by atoms with E-state index in [1.54, 1.807) is 0 Å². The Morgan fingerprint density at radius 1 is 1.19 bits per heavy atom. The smallest absolute Gasteiger partial charge is 0.279 e. The van der Waals surface area contributed by atoms with Crippen molar-refractivity contribution >= 4 is 11.6 Å². The van der Waals surface area contributed by atoms with Crippen molar-refractivity contribution < 1.29 is 9.28 Å². The second-order valence-electron chi connectivity index (χ2n) is 4.32. The molecule has 3 nitrogen and oxygen atoms in total. The minimum absolute atomic E-state index is 0.0809. The van der Waals surface area contributed by atoms with Gasteiger partial charge < -0.3 is 9.80 Å². The van der Waals surface area contributed by atoms with Gasteiger partial charge >= 0.3 is 0 Å². The van der Waals surface area contributed by atoms with Crippen LogP contribution in [0.3, 0.4) is 0 Å². The van der Waals surface area contributed by atoms with Crippen molar-refractivity contribution in [3.8, 4) is 0 Å². The summed E-state index contributed by atoms with van der Waals surface area (Å²) >= 11 is 0.